The zero-order valence-corrected chi connectivity index (χ0v) is 16.1. The van der Waals surface area contributed by atoms with E-state index in [0.717, 1.165) is 24.2 Å². The second-order valence-corrected chi connectivity index (χ2v) is 5.50. The van der Waals surface area contributed by atoms with E-state index in [9.17, 15) is 9.18 Å². The van der Waals surface area contributed by atoms with Crippen molar-refractivity contribution in [1.82, 2.24) is 20.0 Å². The number of carboxylic acids is 1. The molecule has 3 aromatic rings. The molecule has 1 aliphatic carbocycles. The first-order valence-corrected chi connectivity index (χ1v) is 7.90. The van der Waals surface area contributed by atoms with Crippen molar-refractivity contribution < 1.29 is 34.4 Å². The van der Waals surface area contributed by atoms with Crippen LogP contribution in [0.1, 0.15) is 34.7 Å². The largest absolute Gasteiger partial charge is 0.477 e. The Kier molecular flexibility index (Phi) is 7.12. The third-order valence-electron chi connectivity index (χ3n) is 3.70. The molecule has 1 N–H and O–H groups in total. The summed E-state index contributed by atoms with van der Waals surface area (Å²) in [4.78, 5) is 15.3. The van der Waals surface area contributed by atoms with Gasteiger partial charge in [-0.15, -0.1) is 18.2 Å². The Morgan fingerprint density at radius 2 is 1.81 bits per heavy atom. The minimum atomic E-state index is -0.990. The average Bonchev–Trinajstić information content (AvgIpc) is 3.08. The summed E-state index contributed by atoms with van der Waals surface area (Å²) in [6.45, 7) is 0. The number of hydrogen-bond donors (Lipinski definition) is 1. The first kappa shape index (κ1) is 19.9. The van der Waals surface area contributed by atoms with Crippen LogP contribution < -0.4 is 0 Å². The number of benzene rings is 1. The minimum absolute atomic E-state index is 0. The van der Waals surface area contributed by atoms with Gasteiger partial charge in [0.15, 0.2) is 0 Å². The van der Waals surface area contributed by atoms with Gasteiger partial charge in [0.1, 0.15) is 5.69 Å². The summed E-state index contributed by atoms with van der Waals surface area (Å²) in [6, 6.07) is 11.9. The van der Waals surface area contributed by atoms with Gasteiger partial charge < -0.3 is 5.11 Å². The van der Waals surface area contributed by atoms with Gasteiger partial charge in [-0.1, -0.05) is 6.07 Å². The van der Waals surface area contributed by atoms with Gasteiger partial charge in [0.25, 0.3) is 0 Å². The van der Waals surface area contributed by atoms with Crippen LogP contribution in [0.2, 0.25) is 0 Å². The number of nitrogens with zero attached hydrogens (tertiary/aromatic N) is 4. The summed E-state index contributed by atoms with van der Waals surface area (Å²) in [5.41, 5.74) is 2.92. The summed E-state index contributed by atoms with van der Waals surface area (Å²) in [5.74, 6) is -1.28. The van der Waals surface area contributed by atoms with Crippen molar-refractivity contribution in [3.8, 4) is 5.69 Å². The van der Waals surface area contributed by atoms with E-state index in [4.69, 9.17) is 5.11 Å². The number of aromatic nitrogens is 4. The summed E-state index contributed by atoms with van der Waals surface area (Å²) in [7, 11) is 0. The van der Waals surface area contributed by atoms with Gasteiger partial charge in [-0.3, -0.25) is 4.39 Å². The predicted octanol–water partition coefficient (Wildman–Crippen LogP) is 2.86. The van der Waals surface area contributed by atoms with E-state index in [1.807, 2.05) is 0 Å². The van der Waals surface area contributed by atoms with Gasteiger partial charge in [-0.05, 0) is 43.5 Å². The van der Waals surface area contributed by atoms with E-state index in [2.05, 4.69) is 21.2 Å². The molecular formula is C18H16FIrN4O2-. The number of aromatic carboxylic acids is 1. The Morgan fingerprint density at radius 3 is 2.27 bits per heavy atom. The maximum Gasteiger partial charge on any atom is 0.354 e. The standard InChI is InChI=1S/C12H11FN3.C6H5NO2.Ir/c13-9-5-7-10(8-6-9)16-14-11-3-1-2-4-12(11)15-16;8-6(9)5-3-1-2-4-7-5;/h5-7H,1-4H2;1-4H,(H,8,9);/q-1;;. The molecule has 2 aromatic heterocycles. The quantitative estimate of drug-likeness (QED) is 0.515. The SMILES string of the molecule is Fc1c[c-]c(-n2nc3c(n2)CCCC3)cc1.O=C(O)c1ccccn1.[Ir]. The first-order valence-electron chi connectivity index (χ1n) is 7.90. The molecule has 0 bridgehead atoms. The molecule has 26 heavy (non-hydrogen) atoms. The molecule has 0 amide bonds. The number of carboxylic acid groups (broad SMARTS) is 1. The predicted molar refractivity (Wildman–Crippen MR) is 88.0 cm³/mol. The van der Waals surface area contributed by atoms with Crippen LogP contribution >= 0.6 is 0 Å². The fourth-order valence-electron chi connectivity index (χ4n) is 2.46. The third kappa shape index (κ3) is 5.03. The van der Waals surface area contributed by atoms with Crippen LogP contribution in [0, 0.1) is 11.9 Å². The summed E-state index contributed by atoms with van der Waals surface area (Å²) >= 11 is 0. The van der Waals surface area contributed by atoms with E-state index in [1.165, 1.54) is 37.2 Å². The van der Waals surface area contributed by atoms with Crippen molar-refractivity contribution in [2.45, 2.75) is 25.7 Å². The van der Waals surface area contributed by atoms with Crippen molar-refractivity contribution in [2.24, 2.45) is 0 Å². The van der Waals surface area contributed by atoms with Crippen molar-refractivity contribution in [2.75, 3.05) is 0 Å². The van der Waals surface area contributed by atoms with E-state index < -0.39 is 5.97 Å². The van der Waals surface area contributed by atoms with Crippen molar-refractivity contribution in [3.05, 3.63) is 71.6 Å². The number of fused-ring (bicyclic) bond motifs is 1. The topological polar surface area (TPSA) is 80.9 Å². The van der Waals surface area contributed by atoms with Gasteiger partial charge in [-0.2, -0.15) is 21.1 Å². The average molecular weight is 532 g/mol. The molecule has 4 rings (SSSR count). The molecule has 1 radical (unpaired) electrons. The van der Waals surface area contributed by atoms with Gasteiger partial charge in [-0.25, -0.2) is 9.78 Å². The molecule has 2 heterocycles. The molecule has 0 saturated heterocycles. The Labute approximate surface area is 163 Å². The molecule has 8 heteroatoms. The second kappa shape index (κ2) is 9.31. The Balaban J connectivity index is 0.000000210. The molecule has 0 spiro atoms. The Bertz CT molecular complexity index is 830. The number of rotatable bonds is 2. The van der Waals surface area contributed by atoms with Crippen molar-refractivity contribution in [3.63, 3.8) is 0 Å². The molecule has 137 valence electrons. The van der Waals surface area contributed by atoms with E-state index in [1.54, 1.807) is 23.0 Å². The first-order chi connectivity index (χ1) is 12.1. The normalized spacial score (nSPS) is 12.2. The maximum absolute atomic E-state index is 12.7. The number of pyridine rings is 1. The van der Waals surface area contributed by atoms with Gasteiger partial charge in [0, 0.05) is 32.1 Å². The van der Waals surface area contributed by atoms with Crippen LogP contribution in [0.3, 0.4) is 0 Å². The van der Waals surface area contributed by atoms with Gasteiger partial charge >= 0.3 is 5.97 Å². The number of hydrogen-bond acceptors (Lipinski definition) is 4. The van der Waals surface area contributed by atoms with E-state index >= 15 is 0 Å². The zero-order valence-electron chi connectivity index (χ0n) is 13.7. The third-order valence-corrected chi connectivity index (χ3v) is 3.70. The molecule has 1 aromatic carbocycles. The van der Waals surface area contributed by atoms with Crippen LogP contribution in [0.15, 0.2) is 42.6 Å². The van der Waals surface area contributed by atoms with Crippen LogP contribution in [0.25, 0.3) is 5.69 Å². The van der Waals surface area contributed by atoms with Crippen molar-refractivity contribution in [1.29, 1.82) is 0 Å². The van der Waals surface area contributed by atoms with Crippen molar-refractivity contribution >= 4 is 5.97 Å². The molecule has 0 saturated carbocycles. The molecule has 1 aliphatic rings. The van der Waals surface area contributed by atoms with E-state index in [-0.39, 0.29) is 31.6 Å². The molecule has 0 atom stereocenters. The molecular weight excluding hydrogens is 515 g/mol. The molecule has 6 nitrogen and oxygen atoms in total. The van der Waals surface area contributed by atoms with Crippen LogP contribution in [-0.2, 0) is 32.9 Å². The monoisotopic (exact) mass is 532 g/mol. The summed E-state index contributed by atoms with van der Waals surface area (Å²) < 4.78 is 12.7. The Morgan fingerprint density at radius 1 is 1.12 bits per heavy atom. The maximum atomic E-state index is 12.7. The Hall–Kier alpha value is -2.44. The van der Waals surface area contributed by atoms with Gasteiger partial charge in [0.2, 0.25) is 0 Å². The minimum Gasteiger partial charge on any atom is -0.477 e. The van der Waals surface area contributed by atoms with Crippen LogP contribution in [0.4, 0.5) is 4.39 Å². The number of halogens is 1. The van der Waals surface area contributed by atoms with Gasteiger partial charge in [0.05, 0.1) is 11.4 Å². The zero-order chi connectivity index (χ0) is 17.6. The number of aryl methyl sites for hydroxylation is 2. The summed E-state index contributed by atoms with van der Waals surface area (Å²) in [5, 5.41) is 17.1. The second-order valence-electron chi connectivity index (χ2n) is 5.50. The smallest absolute Gasteiger partial charge is 0.354 e. The van der Waals surface area contributed by atoms with Crippen LogP contribution in [-0.4, -0.2) is 31.1 Å². The fraction of sp³-hybridized carbons (Fsp3) is 0.222. The molecule has 0 aliphatic heterocycles. The summed E-state index contributed by atoms with van der Waals surface area (Å²) in [6.07, 6.45) is 5.80. The molecule has 0 unspecified atom stereocenters. The fourth-order valence-corrected chi connectivity index (χ4v) is 2.46. The number of carbonyl (C=O) groups is 1. The van der Waals surface area contributed by atoms with E-state index in [0.29, 0.717) is 5.69 Å². The van der Waals surface area contributed by atoms with Crippen LogP contribution in [0.5, 0.6) is 0 Å². The molecule has 0 fully saturated rings.